The van der Waals surface area contributed by atoms with Crippen molar-refractivity contribution < 1.29 is 9.90 Å². The lowest BCUT2D eigenvalue weighted by molar-refractivity contribution is 0.0954. The molecule has 2 N–H and O–H groups in total. The minimum atomic E-state index is -0.111. The van der Waals surface area contributed by atoms with Crippen LogP contribution >= 0.6 is 22.7 Å². The number of aliphatic hydroxyl groups is 1. The molecule has 96 valence electrons. The maximum absolute atomic E-state index is 11.9. The Labute approximate surface area is 113 Å². The van der Waals surface area contributed by atoms with Crippen LogP contribution in [0.25, 0.3) is 10.6 Å². The van der Waals surface area contributed by atoms with Gasteiger partial charge in [-0.15, -0.1) is 11.3 Å². The Morgan fingerprint density at radius 1 is 1.56 bits per heavy atom. The van der Waals surface area contributed by atoms with Crippen molar-refractivity contribution in [2.75, 3.05) is 13.2 Å². The zero-order valence-electron chi connectivity index (χ0n) is 9.97. The molecule has 18 heavy (non-hydrogen) atoms. The van der Waals surface area contributed by atoms with Crippen molar-refractivity contribution in [2.24, 2.45) is 0 Å². The molecule has 2 aromatic heterocycles. The Balaban J connectivity index is 2.12. The van der Waals surface area contributed by atoms with E-state index in [9.17, 15) is 4.79 Å². The minimum Gasteiger partial charge on any atom is -0.396 e. The van der Waals surface area contributed by atoms with Crippen LogP contribution in [-0.2, 0) is 0 Å². The topological polar surface area (TPSA) is 62.2 Å². The normalized spacial score (nSPS) is 10.6. The second-order valence-corrected chi connectivity index (χ2v) is 5.56. The van der Waals surface area contributed by atoms with Crippen LogP contribution in [-0.4, -0.2) is 29.1 Å². The monoisotopic (exact) mass is 282 g/mol. The van der Waals surface area contributed by atoms with Crippen LogP contribution in [0, 0.1) is 6.92 Å². The first kappa shape index (κ1) is 13.2. The van der Waals surface area contributed by atoms with Crippen molar-refractivity contribution in [3.8, 4) is 10.6 Å². The Bertz CT molecular complexity index is 520. The molecule has 0 radical (unpaired) electrons. The summed E-state index contributed by atoms with van der Waals surface area (Å²) < 4.78 is 0. The smallest absolute Gasteiger partial charge is 0.263 e. The molecule has 2 aromatic rings. The first-order valence-electron chi connectivity index (χ1n) is 5.61. The standard InChI is InChI=1S/C12H14N2O2S2/c1-8-10(11(16)13-4-2-5-15)18-12(14-8)9-3-6-17-7-9/h3,6-7,15H,2,4-5H2,1H3,(H,13,16). The molecule has 0 aromatic carbocycles. The molecule has 4 nitrogen and oxygen atoms in total. The van der Waals surface area contributed by atoms with Crippen molar-refractivity contribution in [2.45, 2.75) is 13.3 Å². The van der Waals surface area contributed by atoms with Crippen LogP contribution in [0.4, 0.5) is 0 Å². The largest absolute Gasteiger partial charge is 0.396 e. The number of nitrogens with one attached hydrogen (secondary N) is 1. The van der Waals surface area contributed by atoms with Gasteiger partial charge < -0.3 is 10.4 Å². The van der Waals surface area contributed by atoms with Crippen LogP contribution in [0.1, 0.15) is 21.8 Å². The molecule has 0 saturated carbocycles. The summed E-state index contributed by atoms with van der Waals surface area (Å²) in [5, 5.41) is 16.3. The quantitative estimate of drug-likeness (QED) is 0.827. The Morgan fingerprint density at radius 2 is 2.39 bits per heavy atom. The van der Waals surface area contributed by atoms with Crippen molar-refractivity contribution in [3.63, 3.8) is 0 Å². The molecule has 0 spiro atoms. The number of aromatic nitrogens is 1. The first-order valence-corrected chi connectivity index (χ1v) is 7.37. The number of carbonyl (C=O) groups is 1. The number of amides is 1. The zero-order chi connectivity index (χ0) is 13.0. The van der Waals surface area contributed by atoms with Gasteiger partial charge >= 0.3 is 0 Å². The van der Waals surface area contributed by atoms with Gasteiger partial charge in [-0.1, -0.05) is 0 Å². The molecule has 0 aliphatic carbocycles. The van der Waals surface area contributed by atoms with Crippen LogP contribution in [0.15, 0.2) is 16.8 Å². The summed E-state index contributed by atoms with van der Waals surface area (Å²) in [6, 6.07) is 2.00. The van der Waals surface area contributed by atoms with E-state index in [-0.39, 0.29) is 12.5 Å². The second-order valence-electron chi connectivity index (χ2n) is 3.78. The highest BCUT2D eigenvalue weighted by Crippen LogP contribution is 2.29. The van der Waals surface area contributed by atoms with Gasteiger partial charge in [0.1, 0.15) is 9.88 Å². The molecular weight excluding hydrogens is 268 g/mol. The predicted molar refractivity (Wildman–Crippen MR) is 74.2 cm³/mol. The summed E-state index contributed by atoms with van der Waals surface area (Å²) >= 11 is 3.02. The van der Waals surface area contributed by atoms with Gasteiger partial charge in [-0.05, 0) is 24.8 Å². The van der Waals surface area contributed by atoms with Gasteiger partial charge in [0, 0.05) is 24.1 Å². The maximum Gasteiger partial charge on any atom is 0.263 e. The second kappa shape index (κ2) is 6.08. The highest BCUT2D eigenvalue weighted by atomic mass is 32.1. The molecule has 0 unspecified atom stereocenters. The molecule has 0 bridgehead atoms. The number of hydrogen-bond acceptors (Lipinski definition) is 5. The van der Waals surface area contributed by atoms with E-state index in [2.05, 4.69) is 10.3 Å². The molecule has 1 amide bonds. The third-order valence-corrected chi connectivity index (χ3v) is 4.28. The first-order chi connectivity index (χ1) is 8.72. The number of nitrogens with zero attached hydrogens (tertiary/aromatic N) is 1. The summed E-state index contributed by atoms with van der Waals surface area (Å²) in [6.07, 6.45) is 0.570. The van der Waals surface area contributed by atoms with Crippen LogP contribution < -0.4 is 5.32 Å². The maximum atomic E-state index is 11.9. The Morgan fingerprint density at radius 3 is 3.06 bits per heavy atom. The molecule has 0 fully saturated rings. The third-order valence-electron chi connectivity index (χ3n) is 2.39. The summed E-state index contributed by atoms with van der Waals surface area (Å²) in [6.45, 7) is 2.41. The van der Waals surface area contributed by atoms with E-state index in [4.69, 9.17) is 5.11 Å². The van der Waals surface area contributed by atoms with Gasteiger partial charge in [-0.2, -0.15) is 11.3 Å². The van der Waals surface area contributed by atoms with E-state index in [0.29, 0.717) is 17.8 Å². The number of hydrogen-bond donors (Lipinski definition) is 2. The number of aryl methyl sites for hydroxylation is 1. The average molecular weight is 282 g/mol. The van der Waals surface area contributed by atoms with Gasteiger partial charge in [-0.25, -0.2) is 4.98 Å². The number of carbonyl (C=O) groups excluding carboxylic acids is 1. The lowest BCUT2D eigenvalue weighted by Gasteiger charge is -2.01. The van der Waals surface area contributed by atoms with E-state index in [0.717, 1.165) is 16.3 Å². The number of aliphatic hydroxyl groups excluding tert-OH is 1. The third kappa shape index (κ3) is 2.95. The molecular formula is C12H14N2O2S2. The van der Waals surface area contributed by atoms with Gasteiger partial charge in [0.2, 0.25) is 0 Å². The highest BCUT2D eigenvalue weighted by Gasteiger charge is 2.15. The van der Waals surface area contributed by atoms with Gasteiger partial charge in [0.25, 0.3) is 5.91 Å². The zero-order valence-corrected chi connectivity index (χ0v) is 11.6. The van der Waals surface area contributed by atoms with Crippen LogP contribution in [0.3, 0.4) is 0 Å². The minimum absolute atomic E-state index is 0.0854. The van der Waals surface area contributed by atoms with Crippen molar-refractivity contribution in [1.82, 2.24) is 10.3 Å². The average Bonchev–Trinajstić information content (AvgIpc) is 2.97. The van der Waals surface area contributed by atoms with E-state index >= 15 is 0 Å². The molecule has 6 heteroatoms. The van der Waals surface area contributed by atoms with E-state index < -0.39 is 0 Å². The Kier molecular flexibility index (Phi) is 4.46. The van der Waals surface area contributed by atoms with E-state index in [1.807, 2.05) is 23.8 Å². The lowest BCUT2D eigenvalue weighted by Crippen LogP contribution is -2.24. The van der Waals surface area contributed by atoms with Crippen molar-refractivity contribution in [1.29, 1.82) is 0 Å². The molecule has 0 aliphatic rings. The van der Waals surface area contributed by atoms with Gasteiger partial charge in [0.05, 0.1) is 5.69 Å². The Hall–Kier alpha value is -1.24. The fourth-order valence-corrected chi connectivity index (χ4v) is 3.17. The van der Waals surface area contributed by atoms with Crippen LogP contribution in [0.2, 0.25) is 0 Å². The number of rotatable bonds is 5. The molecule has 0 atom stereocenters. The van der Waals surface area contributed by atoms with E-state index in [1.165, 1.54) is 11.3 Å². The van der Waals surface area contributed by atoms with Crippen molar-refractivity contribution in [3.05, 3.63) is 27.4 Å². The number of thiophene rings is 1. The molecule has 0 saturated heterocycles. The van der Waals surface area contributed by atoms with Crippen LogP contribution in [0.5, 0.6) is 0 Å². The summed E-state index contributed by atoms with van der Waals surface area (Å²) in [5.41, 5.74) is 1.81. The molecule has 0 aliphatic heterocycles. The SMILES string of the molecule is Cc1nc(-c2ccsc2)sc1C(=O)NCCCO. The summed E-state index contributed by atoms with van der Waals surface area (Å²) in [5.74, 6) is -0.111. The van der Waals surface area contributed by atoms with Gasteiger partial charge in [0.15, 0.2) is 0 Å². The van der Waals surface area contributed by atoms with Gasteiger partial charge in [-0.3, -0.25) is 4.79 Å². The van der Waals surface area contributed by atoms with E-state index in [1.54, 1.807) is 11.3 Å². The summed E-state index contributed by atoms with van der Waals surface area (Å²) in [7, 11) is 0. The van der Waals surface area contributed by atoms with Crippen molar-refractivity contribution >= 4 is 28.6 Å². The fourth-order valence-electron chi connectivity index (χ4n) is 1.48. The number of thiazole rings is 1. The fraction of sp³-hybridized carbons (Fsp3) is 0.333. The molecule has 2 heterocycles. The lowest BCUT2D eigenvalue weighted by atomic mass is 10.3. The predicted octanol–water partition coefficient (Wildman–Crippen LogP) is 2.29. The molecule has 2 rings (SSSR count). The highest BCUT2D eigenvalue weighted by molar-refractivity contribution is 7.17. The summed E-state index contributed by atoms with van der Waals surface area (Å²) in [4.78, 5) is 17.0.